The van der Waals surface area contributed by atoms with Crippen LogP contribution in [0, 0.1) is 29.6 Å². The van der Waals surface area contributed by atoms with Gasteiger partial charge in [-0.05, 0) is 48.9 Å². The first-order valence-corrected chi connectivity index (χ1v) is 10.2. The second kappa shape index (κ2) is 8.15. The zero-order valence-corrected chi connectivity index (χ0v) is 14.9. The summed E-state index contributed by atoms with van der Waals surface area (Å²) in [6.45, 7) is 7.36. The standard InChI is InChI=1S/C20H38N2/c1-15-3-7-17(8-4-15)9-10-18-13-21-20(22-14-18)19-11-5-16(2)6-12-19/h15-22H,3-14H2,1-2H3. The van der Waals surface area contributed by atoms with Crippen LogP contribution in [0.15, 0.2) is 0 Å². The van der Waals surface area contributed by atoms with Crippen LogP contribution in [-0.4, -0.2) is 19.3 Å². The van der Waals surface area contributed by atoms with Gasteiger partial charge in [0.2, 0.25) is 0 Å². The van der Waals surface area contributed by atoms with Crippen molar-refractivity contribution in [2.45, 2.75) is 84.2 Å². The lowest BCUT2D eigenvalue weighted by atomic mass is 9.79. The fourth-order valence-electron chi connectivity index (χ4n) is 4.98. The van der Waals surface area contributed by atoms with Crippen molar-refractivity contribution in [3.05, 3.63) is 0 Å². The highest BCUT2D eigenvalue weighted by atomic mass is 15.2. The molecule has 22 heavy (non-hydrogen) atoms. The van der Waals surface area contributed by atoms with Crippen LogP contribution < -0.4 is 10.6 Å². The monoisotopic (exact) mass is 306 g/mol. The minimum atomic E-state index is 0.610. The number of hydrogen-bond donors (Lipinski definition) is 2. The molecule has 3 rings (SSSR count). The van der Waals surface area contributed by atoms with E-state index in [-0.39, 0.29) is 0 Å². The Bertz CT molecular complexity index is 306. The first-order valence-electron chi connectivity index (χ1n) is 10.2. The molecular formula is C20H38N2. The molecule has 3 aliphatic rings. The third-order valence-corrected chi connectivity index (χ3v) is 6.90. The minimum Gasteiger partial charge on any atom is -0.301 e. The first kappa shape index (κ1) is 16.8. The molecule has 0 unspecified atom stereocenters. The highest BCUT2D eigenvalue weighted by molar-refractivity contribution is 4.85. The van der Waals surface area contributed by atoms with E-state index in [0.717, 1.165) is 29.6 Å². The van der Waals surface area contributed by atoms with Crippen LogP contribution in [0.25, 0.3) is 0 Å². The zero-order chi connectivity index (χ0) is 15.4. The Morgan fingerprint density at radius 2 is 1.14 bits per heavy atom. The normalized spacial score (nSPS) is 43.9. The van der Waals surface area contributed by atoms with Crippen molar-refractivity contribution in [2.24, 2.45) is 29.6 Å². The Kier molecular flexibility index (Phi) is 6.21. The van der Waals surface area contributed by atoms with Crippen molar-refractivity contribution in [3.63, 3.8) is 0 Å². The van der Waals surface area contributed by atoms with Crippen molar-refractivity contribution < 1.29 is 0 Å². The van der Waals surface area contributed by atoms with Crippen LogP contribution in [0.1, 0.15) is 78.1 Å². The summed E-state index contributed by atoms with van der Waals surface area (Å²) in [5.74, 6) is 4.75. The predicted octanol–water partition coefficient (Wildman–Crippen LogP) is 4.55. The molecule has 0 radical (unpaired) electrons. The smallest absolute Gasteiger partial charge is 0.0600 e. The molecule has 2 heteroatoms. The van der Waals surface area contributed by atoms with Gasteiger partial charge in [0.05, 0.1) is 6.17 Å². The van der Waals surface area contributed by atoms with Crippen LogP contribution in [0.5, 0.6) is 0 Å². The van der Waals surface area contributed by atoms with Crippen LogP contribution in [-0.2, 0) is 0 Å². The van der Waals surface area contributed by atoms with E-state index >= 15 is 0 Å². The van der Waals surface area contributed by atoms with Gasteiger partial charge < -0.3 is 10.6 Å². The van der Waals surface area contributed by atoms with Crippen molar-refractivity contribution in [1.29, 1.82) is 0 Å². The molecule has 2 nitrogen and oxygen atoms in total. The molecule has 128 valence electrons. The Balaban J connectivity index is 1.32. The minimum absolute atomic E-state index is 0.610. The molecule has 0 amide bonds. The second-order valence-electron chi connectivity index (χ2n) is 8.88. The summed E-state index contributed by atoms with van der Waals surface area (Å²) >= 11 is 0. The van der Waals surface area contributed by atoms with Gasteiger partial charge in [0.25, 0.3) is 0 Å². The highest BCUT2D eigenvalue weighted by Gasteiger charge is 2.29. The van der Waals surface area contributed by atoms with E-state index in [1.807, 2.05) is 0 Å². The highest BCUT2D eigenvalue weighted by Crippen LogP contribution is 2.33. The third kappa shape index (κ3) is 4.71. The molecule has 0 bridgehead atoms. The van der Waals surface area contributed by atoms with E-state index in [9.17, 15) is 0 Å². The summed E-state index contributed by atoms with van der Waals surface area (Å²) in [4.78, 5) is 0. The third-order valence-electron chi connectivity index (χ3n) is 6.90. The summed E-state index contributed by atoms with van der Waals surface area (Å²) in [6, 6.07) is 0. The van der Waals surface area contributed by atoms with Crippen LogP contribution >= 0.6 is 0 Å². The van der Waals surface area contributed by atoms with Crippen LogP contribution in [0.2, 0.25) is 0 Å². The average molecular weight is 307 g/mol. The Morgan fingerprint density at radius 1 is 0.636 bits per heavy atom. The van der Waals surface area contributed by atoms with E-state index in [1.165, 1.54) is 77.3 Å². The van der Waals surface area contributed by atoms with E-state index in [4.69, 9.17) is 0 Å². The Morgan fingerprint density at radius 3 is 1.73 bits per heavy atom. The fraction of sp³-hybridized carbons (Fsp3) is 1.00. The molecular weight excluding hydrogens is 268 g/mol. The van der Waals surface area contributed by atoms with Crippen molar-refractivity contribution >= 4 is 0 Å². The van der Waals surface area contributed by atoms with Gasteiger partial charge in [0.1, 0.15) is 0 Å². The lowest BCUT2D eigenvalue weighted by Gasteiger charge is -2.39. The molecule has 2 saturated carbocycles. The molecule has 0 spiro atoms. The number of nitrogens with one attached hydrogen (secondary N) is 2. The van der Waals surface area contributed by atoms with Gasteiger partial charge in [0, 0.05) is 13.1 Å². The Hall–Kier alpha value is -0.0800. The van der Waals surface area contributed by atoms with Gasteiger partial charge in [-0.3, -0.25) is 0 Å². The largest absolute Gasteiger partial charge is 0.301 e. The molecule has 0 atom stereocenters. The van der Waals surface area contributed by atoms with Crippen molar-refractivity contribution in [1.82, 2.24) is 10.6 Å². The quantitative estimate of drug-likeness (QED) is 0.796. The zero-order valence-electron chi connectivity index (χ0n) is 14.9. The molecule has 1 aliphatic heterocycles. The van der Waals surface area contributed by atoms with Gasteiger partial charge in [-0.2, -0.15) is 0 Å². The van der Waals surface area contributed by atoms with Gasteiger partial charge in [-0.15, -0.1) is 0 Å². The van der Waals surface area contributed by atoms with Crippen LogP contribution in [0.3, 0.4) is 0 Å². The summed E-state index contributed by atoms with van der Waals surface area (Å²) in [5.41, 5.74) is 0. The molecule has 2 N–H and O–H groups in total. The molecule has 1 saturated heterocycles. The first-order chi connectivity index (χ1) is 10.7. The fourth-order valence-corrected chi connectivity index (χ4v) is 4.98. The van der Waals surface area contributed by atoms with Gasteiger partial charge in [-0.25, -0.2) is 0 Å². The molecule has 1 heterocycles. The average Bonchev–Trinajstić information content (AvgIpc) is 2.56. The lowest BCUT2D eigenvalue weighted by molar-refractivity contribution is 0.161. The summed E-state index contributed by atoms with van der Waals surface area (Å²) < 4.78 is 0. The maximum atomic E-state index is 3.84. The van der Waals surface area contributed by atoms with Crippen molar-refractivity contribution in [2.75, 3.05) is 13.1 Å². The molecule has 0 aromatic carbocycles. The van der Waals surface area contributed by atoms with Crippen LogP contribution in [0.4, 0.5) is 0 Å². The van der Waals surface area contributed by atoms with E-state index in [2.05, 4.69) is 24.5 Å². The van der Waals surface area contributed by atoms with Crippen molar-refractivity contribution in [3.8, 4) is 0 Å². The topological polar surface area (TPSA) is 24.1 Å². The second-order valence-corrected chi connectivity index (χ2v) is 8.88. The summed E-state index contributed by atoms with van der Waals surface area (Å²) in [5, 5.41) is 7.67. The van der Waals surface area contributed by atoms with Gasteiger partial charge in [0.15, 0.2) is 0 Å². The van der Waals surface area contributed by atoms with Gasteiger partial charge >= 0.3 is 0 Å². The maximum Gasteiger partial charge on any atom is 0.0600 e. The summed E-state index contributed by atoms with van der Waals surface area (Å²) in [6.07, 6.45) is 15.2. The SMILES string of the molecule is CC1CCC(CCC2CNC(C3CCC(C)CC3)NC2)CC1. The molecule has 0 aromatic rings. The Labute approximate surface area is 138 Å². The maximum absolute atomic E-state index is 3.84. The molecule has 0 aromatic heterocycles. The predicted molar refractivity (Wildman–Crippen MR) is 94.8 cm³/mol. The van der Waals surface area contributed by atoms with E-state index in [0.29, 0.717) is 6.17 Å². The number of hydrogen-bond acceptors (Lipinski definition) is 2. The molecule has 3 fully saturated rings. The van der Waals surface area contributed by atoms with E-state index < -0.39 is 0 Å². The number of rotatable bonds is 4. The van der Waals surface area contributed by atoms with E-state index in [1.54, 1.807) is 0 Å². The molecule has 2 aliphatic carbocycles. The van der Waals surface area contributed by atoms with Gasteiger partial charge in [-0.1, -0.05) is 58.8 Å². The lowest BCUT2D eigenvalue weighted by Crippen LogP contribution is -2.56. The summed E-state index contributed by atoms with van der Waals surface area (Å²) in [7, 11) is 0.